The van der Waals surface area contributed by atoms with Crippen LogP contribution in [-0.4, -0.2) is 60.1 Å². The van der Waals surface area contributed by atoms with Gasteiger partial charge in [-0.1, -0.05) is 39.0 Å². The van der Waals surface area contributed by atoms with Gasteiger partial charge in [-0.25, -0.2) is 0 Å². The number of aliphatic hydroxyl groups is 4. The highest BCUT2D eigenvalue weighted by Crippen LogP contribution is 2.56. The summed E-state index contributed by atoms with van der Waals surface area (Å²) in [6.07, 6.45) is 7.04. The summed E-state index contributed by atoms with van der Waals surface area (Å²) in [4.78, 5) is -1.15. The fourth-order valence-corrected chi connectivity index (χ4v) is 5.03. The first-order valence-electron chi connectivity index (χ1n) is 9.45. The summed E-state index contributed by atoms with van der Waals surface area (Å²) in [6, 6.07) is 0. The average Bonchev–Trinajstić information content (AvgIpc) is 2.52. The molecule has 0 saturated carbocycles. The van der Waals surface area contributed by atoms with Crippen LogP contribution in [0.4, 0.5) is 0 Å². The lowest BCUT2D eigenvalue weighted by Crippen LogP contribution is -2.83. The Balaban J connectivity index is 2.86. The quantitative estimate of drug-likeness (QED) is 0.461. The van der Waals surface area contributed by atoms with E-state index in [-0.39, 0.29) is 0 Å². The van der Waals surface area contributed by atoms with E-state index in [4.69, 9.17) is 4.74 Å². The molecule has 1 fully saturated rings. The molecule has 0 amide bonds. The van der Waals surface area contributed by atoms with E-state index in [2.05, 4.69) is 6.92 Å². The molecule has 25 heavy (non-hydrogen) atoms. The summed E-state index contributed by atoms with van der Waals surface area (Å²) < 4.78 is 6.07. The van der Waals surface area contributed by atoms with Gasteiger partial charge in [-0.05, 0) is 46.8 Å². The van der Waals surface area contributed by atoms with Crippen LogP contribution in [0.15, 0.2) is 0 Å². The van der Waals surface area contributed by atoms with Crippen LogP contribution in [0.5, 0.6) is 0 Å². The molecule has 0 radical (unpaired) electrons. The van der Waals surface area contributed by atoms with Crippen molar-refractivity contribution < 1.29 is 25.2 Å². The molecule has 150 valence electrons. The lowest BCUT2D eigenvalue weighted by atomic mass is 9.62. The number of rotatable bonds is 9. The van der Waals surface area contributed by atoms with Gasteiger partial charge in [0.05, 0.1) is 6.61 Å². The molecule has 6 heteroatoms. The minimum atomic E-state index is -1.86. The Bertz CT molecular complexity index is 438. The van der Waals surface area contributed by atoms with Crippen LogP contribution < -0.4 is 0 Å². The van der Waals surface area contributed by atoms with Gasteiger partial charge < -0.3 is 25.2 Å². The topological polar surface area (TPSA) is 90.2 Å². The SMILES string of the molecule is CCCCCCCCSC1(C)OC(C)(CO)C(C)(O)C(C)(O)C1(C)O. The summed E-state index contributed by atoms with van der Waals surface area (Å²) in [5.74, 6) is 0.776. The van der Waals surface area contributed by atoms with Gasteiger partial charge in [0.2, 0.25) is 0 Å². The van der Waals surface area contributed by atoms with Gasteiger partial charge in [0.1, 0.15) is 27.3 Å². The molecule has 1 saturated heterocycles. The molecule has 0 aromatic rings. The van der Waals surface area contributed by atoms with Crippen molar-refractivity contribution >= 4 is 11.8 Å². The van der Waals surface area contributed by atoms with Gasteiger partial charge >= 0.3 is 0 Å². The van der Waals surface area contributed by atoms with Gasteiger partial charge in [-0.2, -0.15) is 0 Å². The number of hydrogen-bond donors (Lipinski definition) is 4. The second kappa shape index (κ2) is 8.03. The molecule has 5 nitrogen and oxygen atoms in total. The van der Waals surface area contributed by atoms with Crippen LogP contribution in [0.1, 0.15) is 80.1 Å². The predicted molar refractivity (Wildman–Crippen MR) is 103 cm³/mol. The molecule has 4 N–H and O–H groups in total. The zero-order chi connectivity index (χ0) is 19.6. The lowest BCUT2D eigenvalue weighted by Gasteiger charge is -2.65. The molecule has 0 aromatic carbocycles. The number of aliphatic hydroxyl groups excluding tert-OH is 1. The Morgan fingerprint density at radius 3 is 1.80 bits per heavy atom. The van der Waals surface area contributed by atoms with Gasteiger partial charge in [0, 0.05) is 0 Å². The van der Waals surface area contributed by atoms with E-state index in [0.29, 0.717) is 0 Å². The molecule has 1 heterocycles. The van der Waals surface area contributed by atoms with Gasteiger partial charge in [-0.15, -0.1) is 11.8 Å². The van der Waals surface area contributed by atoms with Crippen LogP contribution in [-0.2, 0) is 4.74 Å². The molecule has 5 atom stereocenters. The molecule has 1 aliphatic heterocycles. The molecular weight excluding hydrogens is 340 g/mol. The first-order chi connectivity index (χ1) is 11.3. The number of thioether (sulfide) groups is 1. The molecule has 0 aliphatic carbocycles. The molecule has 0 aromatic heterocycles. The maximum atomic E-state index is 11.1. The number of ether oxygens (including phenoxy) is 1. The van der Waals surface area contributed by atoms with Crippen molar-refractivity contribution in [3.8, 4) is 0 Å². The molecule has 5 unspecified atom stereocenters. The van der Waals surface area contributed by atoms with E-state index in [1.165, 1.54) is 58.2 Å². The van der Waals surface area contributed by atoms with Crippen LogP contribution in [0.3, 0.4) is 0 Å². The lowest BCUT2D eigenvalue weighted by molar-refractivity contribution is -0.380. The van der Waals surface area contributed by atoms with Gasteiger partial charge in [-0.3, -0.25) is 0 Å². The first kappa shape index (κ1) is 23.2. The fraction of sp³-hybridized carbons (Fsp3) is 1.00. The molecule has 0 spiro atoms. The highest BCUT2D eigenvalue weighted by Gasteiger charge is 2.73. The largest absolute Gasteiger partial charge is 0.393 e. The van der Waals surface area contributed by atoms with Crippen molar-refractivity contribution in [2.75, 3.05) is 12.4 Å². The Kier molecular flexibility index (Phi) is 7.45. The van der Waals surface area contributed by atoms with Crippen molar-refractivity contribution in [2.45, 2.75) is 107 Å². The van der Waals surface area contributed by atoms with E-state index in [9.17, 15) is 20.4 Å². The fourth-order valence-electron chi connectivity index (χ4n) is 3.57. The van der Waals surface area contributed by atoms with Crippen LogP contribution in [0, 0.1) is 0 Å². The standard InChI is InChI=1S/C19H38O5S/c1-7-8-9-10-11-12-13-25-19(6)18(5,23)17(4,22)16(3,21)15(2,14-20)24-19/h20-23H,7-14H2,1-6H3. The summed E-state index contributed by atoms with van der Waals surface area (Å²) in [6.45, 7) is 9.33. The molecule has 0 bridgehead atoms. The Hall–Kier alpha value is 0.150. The Labute approximate surface area is 157 Å². The van der Waals surface area contributed by atoms with Crippen LogP contribution in [0.25, 0.3) is 0 Å². The van der Waals surface area contributed by atoms with Crippen LogP contribution in [0.2, 0.25) is 0 Å². The molecular formula is C19H38O5S. The van der Waals surface area contributed by atoms with Crippen molar-refractivity contribution in [1.29, 1.82) is 0 Å². The zero-order valence-corrected chi connectivity index (χ0v) is 17.6. The molecule has 1 aliphatic rings. The number of hydrogen-bond acceptors (Lipinski definition) is 6. The van der Waals surface area contributed by atoms with Crippen molar-refractivity contribution in [3.05, 3.63) is 0 Å². The van der Waals surface area contributed by atoms with Crippen LogP contribution >= 0.6 is 11.8 Å². The van der Waals surface area contributed by atoms with E-state index >= 15 is 0 Å². The highest BCUT2D eigenvalue weighted by molar-refractivity contribution is 8.00. The summed E-state index contributed by atoms with van der Waals surface area (Å²) >= 11 is 1.44. The summed E-state index contributed by atoms with van der Waals surface area (Å²) in [5, 5.41) is 42.9. The Morgan fingerprint density at radius 2 is 1.28 bits per heavy atom. The van der Waals surface area contributed by atoms with Gasteiger partial charge in [0.25, 0.3) is 0 Å². The third-order valence-corrected chi connectivity index (χ3v) is 7.93. The van der Waals surface area contributed by atoms with E-state index in [0.717, 1.165) is 18.6 Å². The third kappa shape index (κ3) is 3.90. The average molecular weight is 379 g/mol. The smallest absolute Gasteiger partial charge is 0.143 e. The second-order valence-electron chi connectivity index (χ2n) is 8.27. The van der Waals surface area contributed by atoms with Crippen molar-refractivity contribution in [2.24, 2.45) is 0 Å². The normalized spacial score (nSPS) is 44.9. The minimum absolute atomic E-state index is 0.459. The minimum Gasteiger partial charge on any atom is -0.393 e. The third-order valence-electron chi connectivity index (χ3n) is 6.41. The van der Waals surface area contributed by atoms with Gasteiger partial charge in [0.15, 0.2) is 0 Å². The Morgan fingerprint density at radius 1 is 0.760 bits per heavy atom. The summed E-state index contributed by atoms with van der Waals surface area (Å²) in [5.41, 5.74) is -6.77. The van der Waals surface area contributed by atoms with E-state index < -0.39 is 33.9 Å². The van der Waals surface area contributed by atoms with Crippen molar-refractivity contribution in [1.82, 2.24) is 0 Å². The maximum Gasteiger partial charge on any atom is 0.143 e. The van der Waals surface area contributed by atoms with E-state index in [1.54, 1.807) is 13.8 Å². The predicted octanol–water partition coefficient (Wildman–Crippen LogP) is 2.83. The first-order valence-corrected chi connectivity index (χ1v) is 10.4. The second-order valence-corrected chi connectivity index (χ2v) is 9.75. The molecule has 1 rings (SSSR count). The number of unbranched alkanes of at least 4 members (excludes halogenated alkanes) is 5. The zero-order valence-electron chi connectivity index (χ0n) is 16.8. The maximum absolute atomic E-state index is 11.1. The van der Waals surface area contributed by atoms with Crippen molar-refractivity contribution in [3.63, 3.8) is 0 Å². The monoisotopic (exact) mass is 378 g/mol. The van der Waals surface area contributed by atoms with E-state index in [1.807, 2.05) is 0 Å². The summed E-state index contributed by atoms with van der Waals surface area (Å²) in [7, 11) is 0. The highest BCUT2D eigenvalue weighted by atomic mass is 32.2.